The minimum atomic E-state index is -0.269. The summed E-state index contributed by atoms with van der Waals surface area (Å²) in [6, 6.07) is 0. The van der Waals surface area contributed by atoms with Crippen LogP contribution in [0.2, 0.25) is 0 Å². The van der Waals surface area contributed by atoms with Gasteiger partial charge in [-0.3, -0.25) is 4.79 Å². The second kappa shape index (κ2) is 6.38. The average molecular weight is 359 g/mol. The monoisotopic (exact) mass is 358 g/mol. The van der Waals surface area contributed by atoms with Crippen LogP contribution in [0.3, 0.4) is 0 Å². The number of ether oxygens (including phenoxy) is 1. The number of fused-ring (bicyclic) bond motifs is 3. The molecule has 2 heteroatoms. The molecule has 0 amide bonds. The number of rotatable bonds is 4. The highest BCUT2D eigenvalue weighted by Gasteiger charge is 2.65. The van der Waals surface area contributed by atoms with Crippen molar-refractivity contribution in [1.29, 1.82) is 0 Å². The van der Waals surface area contributed by atoms with Gasteiger partial charge in [0, 0.05) is 0 Å². The van der Waals surface area contributed by atoms with Gasteiger partial charge in [-0.15, -0.1) is 0 Å². The van der Waals surface area contributed by atoms with Crippen LogP contribution in [0.1, 0.15) is 91.4 Å². The van der Waals surface area contributed by atoms with Crippen molar-refractivity contribution in [2.75, 3.05) is 6.61 Å². The first-order valence-electron chi connectivity index (χ1n) is 11.2. The quantitative estimate of drug-likeness (QED) is 0.335. The number of carbonyl (C=O) groups is 1. The van der Waals surface area contributed by atoms with Crippen LogP contribution in [0.5, 0.6) is 0 Å². The summed E-state index contributed by atoms with van der Waals surface area (Å²) in [6.45, 7) is 12.0. The van der Waals surface area contributed by atoms with Gasteiger partial charge in [-0.1, -0.05) is 38.8 Å². The van der Waals surface area contributed by atoms with Crippen molar-refractivity contribution >= 4 is 5.97 Å². The molecule has 2 bridgehead atoms. The van der Waals surface area contributed by atoms with Gasteiger partial charge < -0.3 is 4.74 Å². The van der Waals surface area contributed by atoms with E-state index in [1.165, 1.54) is 56.9 Å². The van der Waals surface area contributed by atoms with E-state index in [0.717, 1.165) is 31.1 Å². The standard InChI is InChI=1S/C24H38O2/c1-5-6-14-26-21(25)23(4)12-7-11-22(3)19(23)10-13-24-15-17(2)18(16-24)8-9-20(22)24/h18-20H,2,5-16H2,1,3-4H3/t18-,19+,20+,22-,23-,24-/m1/s1. The smallest absolute Gasteiger partial charge is 0.312 e. The van der Waals surface area contributed by atoms with E-state index >= 15 is 0 Å². The highest BCUT2D eigenvalue weighted by atomic mass is 16.5. The molecular weight excluding hydrogens is 320 g/mol. The van der Waals surface area contributed by atoms with Gasteiger partial charge in [0.05, 0.1) is 12.0 Å². The van der Waals surface area contributed by atoms with Crippen LogP contribution in [0.4, 0.5) is 0 Å². The fraction of sp³-hybridized carbons (Fsp3) is 0.875. The van der Waals surface area contributed by atoms with Crippen LogP contribution < -0.4 is 0 Å². The number of hydrogen-bond acceptors (Lipinski definition) is 2. The zero-order valence-electron chi connectivity index (χ0n) is 17.2. The molecule has 6 atom stereocenters. The molecule has 4 aliphatic carbocycles. The second-order valence-corrected chi connectivity index (χ2v) is 10.6. The molecule has 146 valence electrons. The lowest BCUT2D eigenvalue weighted by molar-refractivity contribution is -0.186. The van der Waals surface area contributed by atoms with Gasteiger partial charge in [-0.25, -0.2) is 0 Å². The SMILES string of the molecule is C=C1C[C@@]23CC[C@H]4[C@@](C)(CCC[C@@]4(C)C(=O)OCCCC)[C@@H]2CC[C@@H]1C3. The van der Waals surface area contributed by atoms with E-state index in [-0.39, 0.29) is 11.4 Å². The number of unbranched alkanes of at least 4 members (excludes halogenated alkanes) is 1. The first-order valence-corrected chi connectivity index (χ1v) is 11.2. The maximum atomic E-state index is 13.1. The Balaban J connectivity index is 1.61. The molecule has 4 saturated carbocycles. The lowest BCUT2D eigenvalue weighted by Crippen LogP contribution is -2.58. The zero-order valence-corrected chi connectivity index (χ0v) is 17.2. The summed E-state index contributed by atoms with van der Waals surface area (Å²) in [5.74, 6) is 2.17. The molecule has 0 unspecified atom stereocenters. The first kappa shape index (κ1) is 18.6. The second-order valence-electron chi connectivity index (χ2n) is 10.6. The molecule has 0 aromatic heterocycles. The Hall–Kier alpha value is -0.790. The van der Waals surface area contributed by atoms with Crippen molar-refractivity contribution in [2.45, 2.75) is 91.4 Å². The van der Waals surface area contributed by atoms with Crippen molar-refractivity contribution in [3.8, 4) is 0 Å². The van der Waals surface area contributed by atoms with Crippen LogP contribution >= 0.6 is 0 Å². The molecule has 2 nitrogen and oxygen atoms in total. The summed E-state index contributed by atoms with van der Waals surface area (Å²) in [5.41, 5.74) is 2.08. The van der Waals surface area contributed by atoms with E-state index in [2.05, 4.69) is 27.4 Å². The van der Waals surface area contributed by atoms with Gasteiger partial charge in [0.15, 0.2) is 0 Å². The van der Waals surface area contributed by atoms with Gasteiger partial charge in [0.25, 0.3) is 0 Å². The van der Waals surface area contributed by atoms with E-state index in [9.17, 15) is 4.79 Å². The van der Waals surface area contributed by atoms with Crippen LogP contribution in [0.25, 0.3) is 0 Å². The number of hydrogen-bond donors (Lipinski definition) is 0. The summed E-state index contributed by atoms with van der Waals surface area (Å²) in [7, 11) is 0. The van der Waals surface area contributed by atoms with Crippen molar-refractivity contribution in [1.82, 2.24) is 0 Å². The van der Waals surface area contributed by atoms with Gasteiger partial charge >= 0.3 is 5.97 Å². The van der Waals surface area contributed by atoms with Crippen LogP contribution in [-0.4, -0.2) is 12.6 Å². The molecule has 4 rings (SSSR count). The Morgan fingerprint density at radius 3 is 2.73 bits per heavy atom. The van der Waals surface area contributed by atoms with Crippen LogP contribution in [0.15, 0.2) is 12.2 Å². The predicted octanol–water partition coefficient (Wildman–Crippen LogP) is 6.30. The molecule has 0 aromatic rings. The summed E-state index contributed by atoms with van der Waals surface area (Å²) >= 11 is 0. The van der Waals surface area contributed by atoms with Crippen molar-refractivity contribution < 1.29 is 9.53 Å². The zero-order chi connectivity index (χ0) is 18.6. The molecule has 0 heterocycles. The molecule has 0 aromatic carbocycles. The number of esters is 1. The molecule has 0 saturated heterocycles. The summed E-state index contributed by atoms with van der Waals surface area (Å²) in [6.07, 6.45) is 13.5. The summed E-state index contributed by atoms with van der Waals surface area (Å²) in [5, 5.41) is 0. The normalized spacial score (nSPS) is 47.2. The number of allylic oxidation sites excluding steroid dienone is 1. The van der Waals surface area contributed by atoms with Crippen molar-refractivity contribution in [2.24, 2.45) is 34.0 Å². The fourth-order valence-electron chi connectivity index (χ4n) is 8.07. The lowest BCUT2D eigenvalue weighted by Gasteiger charge is -2.63. The van der Waals surface area contributed by atoms with Gasteiger partial charge in [-0.2, -0.15) is 0 Å². The number of carbonyl (C=O) groups excluding carboxylic acids is 1. The minimum absolute atomic E-state index is 0.0994. The predicted molar refractivity (Wildman–Crippen MR) is 106 cm³/mol. The van der Waals surface area contributed by atoms with E-state index < -0.39 is 0 Å². The Labute approximate surface area is 160 Å². The van der Waals surface area contributed by atoms with E-state index in [4.69, 9.17) is 4.74 Å². The van der Waals surface area contributed by atoms with Gasteiger partial charge in [0.1, 0.15) is 0 Å². The maximum Gasteiger partial charge on any atom is 0.312 e. The third kappa shape index (κ3) is 2.53. The average Bonchev–Trinajstić information content (AvgIpc) is 2.83. The van der Waals surface area contributed by atoms with E-state index in [0.29, 0.717) is 23.4 Å². The highest BCUT2D eigenvalue weighted by Crippen LogP contribution is 2.72. The summed E-state index contributed by atoms with van der Waals surface area (Å²) < 4.78 is 5.78. The molecule has 4 fully saturated rings. The highest BCUT2D eigenvalue weighted by molar-refractivity contribution is 5.77. The molecule has 4 aliphatic rings. The largest absolute Gasteiger partial charge is 0.465 e. The van der Waals surface area contributed by atoms with Crippen LogP contribution in [-0.2, 0) is 9.53 Å². The molecule has 0 aliphatic heterocycles. The molecular formula is C24H38O2. The maximum absolute atomic E-state index is 13.1. The van der Waals surface area contributed by atoms with Crippen molar-refractivity contribution in [3.63, 3.8) is 0 Å². The first-order chi connectivity index (χ1) is 12.4. The van der Waals surface area contributed by atoms with E-state index in [1.54, 1.807) is 0 Å². The van der Waals surface area contributed by atoms with Gasteiger partial charge in [-0.05, 0) is 93.3 Å². The third-order valence-electron chi connectivity index (χ3n) is 9.25. The minimum Gasteiger partial charge on any atom is -0.465 e. The lowest BCUT2D eigenvalue weighted by atomic mass is 9.41. The van der Waals surface area contributed by atoms with Crippen molar-refractivity contribution in [3.05, 3.63) is 12.2 Å². The topological polar surface area (TPSA) is 26.3 Å². The molecule has 26 heavy (non-hydrogen) atoms. The third-order valence-corrected chi connectivity index (χ3v) is 9.25. The Bertz CT molecular complexity index is 595. The van der Waals surface area contributed by atoms with Crippen LogP contribution in [0, 0.1) is 34.0 Å². The summed E-state index contributed by atoms with van der Waals surface area (Å²) in [4.78, 5) is 13.1. The molecule has 0 radical (unpaired) electrons. The fourth-order valence-corrected chi connectivity index (χ4v) is 8.07. The molecule has 0 N–H and O–H groups in total. The van der Waals surface area contributed by atoms with E-state index in [1.807, 2.05) is 0 Å². The molecule has 1 spiro atoms. The Morgan fingerprint density at radius 2 is 1.96 bits per heavy atom. The van der Waals surface area contributed by atoms with Gasteiger partial charge in [0.2, 0.25) is 0 Å². The Kier molecular flexibility index (Phi) is 4.56. The Morgan fingerprint density at radius 1 is 1.15 bits per heavy atom.